The van der Waals surface area contributed by atoms with Crippen molar-refractivity contribution >= 4 is 5.91 Å². The number of rotatable bonds is 3. The SMILES string of the molecule is CCc1cc(C(=O)N2CC(OC)C2)nn1C. The van der Waals surface area contributed by atoms with Crippen LogP contribution in [0.1, 0.15) is 23.1 Å². The highest BCUT2D eigenvalue weighted by molar-refractivity contribution is 5.93. The molecular formula is C11H17N3O2. The Morgan fingerprint density at radius 1 is 1.62 bits per heavy atom. The van der Waals surface area contributed by atoms with Crippen molar-refractivity contribution in [2.45, 2.75) is 19.4 Å². The molecule has 0 bridgehead atoms. The van der Waals surface area contributed by atoms with Crippen molar-refractivity contribution in [1.29, 1.82) is 0 Å². The Hall–Kier alpha value is -1.36. The van der Waals surface area contributed by atoms with Crippen LogP contribution in [0, 0.1) is 0 Å². The van der Waals surface area contributed by atoms with E-state index in [1.807, 2.05) is 13.1 Å². The molecule has 0 aliphatic carbocycles. The zero-order valence-corrected chi connectivity index (χ0v) is 9.93. The fourth-order valence-electron chi connectivity index (χ4n) is 1.86. The second kappa shape index (κ2) is 4.25. The summed E-state index contributed by atoms with van der Waals surface area (Å²) in [6, 6.07) is 1.86. The summed E-state index contributed by atoms with van der Waals surface area (Å²) < 4.78 is 6.90. The minimum atomic E-state index is 0.00333. The first-order chi connectivity index (χ1) is 7.65. The minimum Gasteiger partial charge on any atom is -0.378 e. The van der Waals surface area contributed by atoms with Crippen LogP contribution in [0.4, 0.5) is 0 Å². The van der Waals surface area contributed by atoms with Gasteiger partial charge in [0.05, 0.1) is 6.10 Å². The summed E-state index contributed by atoms with van der Waals surface area (Å²) in [5, 5.41) is 4.22. The van der Waals surface area contributed by atoms with Gasteiger partial charge in [0, 0.05) is 32.9 Å². The standard InChI is InChI=1S/C11H17N3O2/c1-4-8-5-10(12-13(8)2)11(15)14-6-9(7-14)16-3/h5,9H,4,6-7H2,1-3H3. The van der Waals surface area contributed by atoms with Gasteiger partial charge in [-0.05, 0) is 12.5 Å². The number of aryl methyl sites for hydroxylation is 2. The van der Waals surface area contributed by atoms with Gasteiger partial charge in [0.2, 0.25) is 0 Å². The highest BCUT2D eigenvalue weighted by Gasteiger charge is 2.32. The number of amides is 1. The third-order valence-corrected chi connectivity index (χ3v) is 3.03. The van der Waals surface area contributed by atoms with Crippen LogP contribution in [0.3, 0.4) is 0 Å². The van der Waals surface area contributed by atoms with Gasteiger partial charge in [-0.2, -0.15) is 5.10 Å². The summed E-state index contributed by atoms with van der Waals surface area (Å²) >= 11 is 0. The molecule has 5 nitrogen and oxygen atoms in total. The van der Waals surface area contributed by atoms with Gasteiger partial charge in [-0.3, -0.25) is 9.48 Å². The van der Waals surface area contributed by atoms with Crippen molar-refractivity contribution in [1.82, 2.24) is 14.7 Å². The van der Waals surface area contributed by atoms with E-state index in [9.17, 15) is 4.79 Å². The van der Waals surface area contributed by atoms with Crippen LogP contribution in [0.5, 0.6) is 0 Å². The van der Waals surface area contributed by atoms with Crippen molar-refractivity contribution in [3.05, 3.63) is 17.5 Å². The second-order valence-electron chi connectivity index (χ2n) is 4.07. The molecule has 1 aliphatic rings. The van der Waals surface area contributed by atoms with E-state index in [0.29, 0.717) is 18.8 Å². The van der Waals surface area contributed by atoms with Crippen molar-refractivity contribution in [2.24, 2.45) is 7.05 Å². The molecule has 1 amide bonds. The van der Waals surface area contributed by atoms with Crippen molar-refractivity contribution in [2.75, 3.05) is 20.2 Å². The molecule has 2 rings (SSSR count). The highest BCUT2D eigenvalue weighted by Crippen LogP contribution is 2.15. The zero-order valence-electron chi connectivity index (χ0n) is 9.93. The number of methoxy groups -OCH3 is 1. The molecule has 0 radical (unpaired) electrons. The molecule has 1 fully saturated rings. The van der Waals surface area contributed by atoms with Crippen molar-refractivity contribution < 1.29 is 9.53 Å². The number of hydrogen-bond acceptors (Lipinski definition) is 3. The molecule has 5 heteroatoms. The van der Waals surface area contributed by atoms with E-state index in [4.69, 9.17) is 4.74 Å². The Labute approximate surface area is 95.0 Å². The molecule has 2 heterocycles. The van der Waals surface area contributed by atoms with Gasteiger partial charge in [0.25, 0.3) is 5.91 Å². The molecule has 0 N–H and O–H groups in total. The molecule has 0 unspecified atom stereocenters. The van der Waals surface area contributed by atoms with Crippen molar-refractivity contribution in [3.8, 4) is 0 Å². The number of likely N-dealkylation sites (tertiary alicyclic amines) is 1. The van der Waals surface area contributed by atoms with E-state index >= 15 is 0 Å². The maximum Gasteiger partial charge on any atom is 0.274 e. The van der Waals surface area contributed by atoms with Crippen LogP contribution in [-0.4, -0.2) is 46.9 Å². The Kier molecular flexibility index (Phi) is 2.96. The van der Waals surface area contributed by atoms with Crippen LogP contribution < -0.4 is 0 Å². The predicted molar refractivity (Wildman–Crippen MR) is 59.3 cm³/mol. The first kappa shape index (κ1) is 11.1. The molecule has 1 aromatic rings. The highest BCUT2D eigenvalue weighted by atomic mass is 16.5. The van der Waals surface area contributed by atoms with E-state index in [0.717, 1.165) is 12.1 Å². The third-order valence-electron chi connectivity index (χ3n) is 3.03. The van der Waals surface area contributed by atoms with Crippen LogP contribution in [0.2, 0.25) is 0 Å². The maximum atomic E-state index is 12.0. The largest absolute Gasteiger partial charge is 0.378 e. The molecule has 0 saturated carbocycles. The first-order valence-corrected chi connectivity index (χ1v) is 5.50. The lowest BCUT2D eigenvalue weighted by Gasteiger charge is -2.37. The normalized spacial score (nSPS) is 16.3. The van der Waals surface area contributed by atoms with E-state index in [1.165, 1.54) is 0 Å². The van der Waals surface area contributed by atoms with Gasteiger partial charge < -0.3 is 9.64 Å². The van der Waals surface area contributed by atoms with Crippen LogP contribution in [0.15, 0.2) is 6.07 Å². The predicted octanol–water partition coefficient (Wildman–Crippen LogP) is 0.453. The van der Waals surface area contributed by atoms with Crippen LogP contribution in [-0.2, 0) is 18.2 Å². The molecule has 1 aliphatic heterocycles. The topological polar surface area (TPSA) is 47.4 Å². The third kappa shape index (κ3) is 1.82. The van der Waals surface area contributed by atoms with Gasteiger partial charge in [0.15, 0.2) is 5.69 Å². The zero-order chi connectivity index (χ0) is 11.7. The number of ether oxygens (including phenoxy) is 1. The van der Waals surface area contributed by atoms with E-state index < -0.39 is 0 Å². The summed E-state index contributed by atoms with van der Waals surface area (Å²) in [7, 11) is 3.53. The average molecular weight is 223 g/mol. The molecule has 1 aromatic heterocycles. The number of carbonyl (C=O) groups is 1. The summed E-state index contributed by atoms with van der Waals surface area (Å²) in [5.41, 5.74) is 1.61. The van der Waals surface area contributed by atoms with E-state index in [2.05, 4.69) is 12.0 Å². The fourth-order valence-corrected chi connectivity index (χ4v) is 1.86. The lowest BCUT2D eigenvalue weighted by atomic mass is 10.1. The smallest absolute Gasteiger partial charge is 0.274 e. The molecule has 88 valence electrons. The number of carbonyl (C=O) groups excluding carboxylic acids is 1. The Morgan fingerprint density at radius 3 is 2.81 bits per heavy atom. The van der Waals surface area contributed by atoms with Crippen LogP contribution in [0.25, 0.3) is 0 Å². The quantitative estimate of drug-likeness (QED) is 0.747. The summed E-state index contributed by atoms with van der Waals surface area (Å²) in [4.78, 5) is 13.7. The minimum absolute atomic E-state index is 0.00333. The fraction of sp³-hybridized carbons (Fsp3) is 0.636. The van der Waals surface area contributed by atoms with Crippen LogP contribution >= 0.6 is 0 Å². The van der Waals surface area contributed by atoms with Gasteiger partial charge in [0.1, 0.15) is 0 Å². The van der Waals surface area contributed by atoms with Gasteiger partial charge in [-0.15, -0.1) is 0 Å². The molecule has 1 saturated heterocycles. The van der Waals surface area contributed by atoms with Gasteiger partial charge in [-0.25, -0.2) is 0 Å². The monoisotopic (exact) mass is 223 g/mol. The van der Waals surface area contributed by atoms with Gasteiger partial charge in [-0.1, -0.05) is 6.92 Å². The number of hydrogen-bond donors (Lipinski definition) is 0. The first-order valence-electron chi connectivity index (χ1n) is 5.50. The molecule has 16 heavy (non-hydrogen) atoms. The van der Waals surface area contributed by atoms with Gasteiger partial charge >= 0.3 is 0 Å². The Balaban J connectivity index is 2.04. The lowest BCUT2D eigenvalue weighted by Crippen LogP contribution is -2.54. The Morgan fingerprint density at radius 2 is 2.31 bits per heavy atom. The Bertz CT molecular complexity index is 394. The second-order valence-corrected chi connectivity index (χ2v) is 4.07. The molecule has 0 aromatic carbocycles. The van der Waals surface area contributed by atoms with Crippen molar-refractivity contribution in [3.63, 3.8) is 0 Å². The summed E-state index contributed by atoms with van der Waals surface area (Å²) in [5.74, 6) is 0.00333. The summed E-state index contributed by atoms with van der Waals surface area (Å²) in [6.45, 7) is 3.40. The average Bonchev–Trinajstić information content (AvgIpc) is 2.58. The molecule has 0 atom stereocenters. The van der Waals surface area contributed by atoms with E-state index in [1.54, 1.807) is 16.7 Å². The van der Waals surface area contributed by atoms with E-state index in [-0.39, 0.29) is 12.0 Å². The molecular weight excluding hydrogens is 206 g/mol. The number of aromatic nitrogens is 2. The lowest BCUT2D eigenvalue weighted by molar-refractivity contribution is -0.0195. The summed E-state index contributed by atoms with van der Waals surface area (Å²) in [6.07, 6.45) is 1.08. The number of nitrogens with zero attached hydrogens (tertiary/aromatic N) is 3. The molecule has 0 spiro atoms. The maximum absolute atomic E-state index is 12.0.